The fraction of sp³-hybridized carbons (Fsp3) is 0.143. The van der Waals surface area contributed by atoms with Crippen molar-refractivity contribution in [3.05, 3.63) is 58.9 Å². The highest BCUT2D eigenvalue weighted by molar-refractivity contribution is 7.89. The molecular weight excluding hydrogens is 348 g/mol. The summed E-state index contributed by atoms with van der Waals surface area (Å²) in [4.78, 5) is 20.1. The smallest absolute Gasteiger partial charge is 0.354 e. The zero-order valence-electron chi connectivity index (χ0n) is 13.3. The Morgan fingerprint density at radius 2 is 1.88 bits per heavy atom. The number of hydrogen-bond donors (Lipinski definition) is 3. The Balaban J connectivity index is 2.26. The van der Waals surface area contributed by atoms with Crippen molar-refractivity contribution in [3.8, 4) is 0 Å². The molecule has 1 heterocycles. The fourth-order valence-corrected chi connectivity index (χ4v) is 2.68. The Morgan fingerprint density at radius 1 is 1.24 bits per heavy atom. The highest BCUT2D eigenvalue weighted by Crippen LogP contribution is 2.28. The summed E-state index contributed by atoms with van der Waals surface area (Å²) in [6.45, 7) is 5.56. The topological polar surface area (TPSA) is 139 Å². The van der Waals surface area contributed by atoms with Crippen molar-refractivity contribution in [1.82, 2.24) is 14.8 Å². The molecule has 0 atom stereocenters. The van der Waals surface area contributed by atoms with Crippen LogP contribution in [0.5, 0.6) is 0 Å². The van der Waals surface area contributed by atoms with Crippen LogP contribution in [0, 0.1) is 17.0 Å². The van der Waals surface area contributed by atoms with Crippen LogP contribution in [0.4, 0.5) is 17.3 Å². The van der Waals surface area contributed by atoms with Crippen molar-refractivity contribution >= 4 is 27.3 Å². The van der Waals surface area contributed by atoms with Gasteiger partial charge in [-0.1, -0.05) is 23.8 Å². The first-order valence-corrected chi connectivity index (χ1v) is 8.52. The van der Waals surface area contributed by atoms with Gasteiger partial charge in [-0.3, -0.25) is 15.5 Å². The van der Waals surface area contributed by atoms with Gasteiger partial charge in [-0.15, -0.1) is 11.4 Å². The van der Waals surface area contributed by atoms with Crippen molar-refractivity contribution < 1.29 is 13.3 Å². The van der Waals surface area contributed by atoms with Gasteiger partial charge in [0.25, 0.3) is 10.0 Å². The van der Waals surface area contributed by atoms with Crippen LogP contribution >= 0.6 is 0 Å². The van der Waals surface area contributed by atoms with E-state index in [4.69, 9.17) is 0 Å². The molecule has 0 fully saturated rings. The van der Waals surface area contributed by atoms with E-state index in [1.165, 1.54) is 18.2 Å². The second-order valence-corrected chi connectivity index (χ2v) is 6.57. The highest BCUT2D eigenvalue weighted by atomic mass is 32.2. The van der Waals surface area contributed by atoms with Crippen LogP contribution in [0.1, 0.15) is 5.56 Å². The van der Waals surface area contributed by atoms with Crippen molar-refractivity contribution in [2.45, 2.75) is 11.8 Å². The maximum absolute atomic E-state index is 12.2. The molecule has 11 heteroatoms. The molecule has 1 aromatic carbocycles. The van der Waals surface area contributed by atoms with Crippen LogP contribution in [-0.4, -0.2) is 29.9 Å². The van der Waals surface area contributed by atoms with E-state index in [-0.39, 0.29) is 23.1 Å². The van der Waals surface area contributed by atoms with E-state index in [0.717, 1.165) is 11.9 Å². The lowest BCUT2D eigenvalue weighted by atomic mass is 10.2. The summed E-state index contributed by atoms with van der Waals surface area (Å²) in [5, 5.41) is 14.0. The molecule has 0 aliphatic rings. The van der Waals surface area contributed by atoms with Crippen LogP contribution in [0.2, 0.25) is 0 Å². The number of anilines is 2. The number of aryl methyl sites for hydroxylation is 1. The molecule has 2 aromatic rings. The van der Waals surface area contributed by atoms with E-state index in [2.05, 4.69) is 32.1 Å². The predicted molar refractivity (Wildman–Crippen MR) is 92.5 cm³/mol. The summed E-state index contributed by atoms with van der Waals surface area (Å²) in [5.41, 5.74) is 2.68. The Hall–Kier alpha value is -3.05. The van der Waals surface area contributed by atoms with Crippen molar-refractivity contribution in [1.29, 1.82) is 0 Å². The standard InChI is InChI=1S/C14H16N6O4S/c1-3-8-15-13-12(20(21)22)14(17-9-16-13)18-19-25(23,24)11-6-4-10(2)5-7-11/h3-7,9,19H,1,8H2,2H3,(H2,15,16,17,18). The van der Waals surface area contributed by atoms with Gasteiger partial charge in [-0.25, -0.2) is 18.4 Å². The minimum absolute atomic E-state index is 0.00677. The number of nitrogens with one attached hydrogen (secondary N) is 3. The fourth-order valence-electron chi connectivity index (χ4n) is 1.83. The number of rotatable bonds is 8. The van der Waals surface area contributed by atoms with E-state index in [9.17, 15) is 18.5 Å². The summed E-state index contributed by atoms with van der Waals surface area (Å²) >= 11 is 0. The number of nitrogens with zero attached hydrogens (tertiary/aromatic N) is 3. The SMILES string of the molecule is C=CCNc1ncnc(NNS(=O)(=O)c2ccc(C)cc2)c1[N+](=O)[O-]. The number of aromatic nitrogens is 2. The molecule has 3 N–H and O–H groups in total. The predicted octanol–water partition coefficient (Wildman–Crippen LogP) is 1.60. The van der Waals surface area contributed by atoms with Gasteiger partial charge in [-0.2, -0.15) is 0 Å². The van der Waals surface area contributed by atoms with E-state index in [1.807, 2.05) is 6.92 Å². The number of nitro groups is 1. The molecule has 1 aromatic heterocycles. The third-order valence-electron chi connectivity index (χ3n) is 3.05. The highest BCUT2D eigenvalue weighted by Gasteiger charge is 2.24. The summed E-state index contributed by atoms with van der Waals surface area (Å²) < 4.78 is 24.5. The zero-order chi connectivity index (χ0) is 18.4. The van der Waals surface area contributed by atoms with Crippen LogP contribution in [0.3, 0.4) is 0 Å². The van der Waals surface area contributed by atoms with Gasteiger partial charge in [0.15, 0.2) is 0 Å². The van der Waals surface area contributed by atoms with Gasteiger partial charge in [0.05, 0.1) is 9.82 Å². The quantitative estimate of drug-likeness (QED) is 0.364. The first kappa shape index (κ1) is 18.3. The van der Waals surface area contributed by atoms with Gasteiger partial charge in [0.2, 0.25) is 11.6 Å². The van der Waals surface area contributed by atoms with E-state index >= 15 is 0 Å². The normalized spacial score (nSPS) is 10.9. The lowest BCUT2D eigenvalue weighted by Gasteiger charge is -2.11. The molecule has 2 rings (SSSR count). The molecule has 0 aliphatic heterocycles. The molecule has 0 amide bonds. The number of benzene rings is 1. The zero-order valence-corrected chi connectivity index (χ0v) is 14.1. The summed E-state index contributed by atoms with van der Waals surface area (Å²) in [7, 11) is -3.93. The maximum atomic E-state index is 12.2. The number of hydrogen-bond acceptors (Lipinski definition) is 8. The van der Waals surface area contributed by atoms with Crippen LogP contribution in [0.25, 0.3) is 0 Å². The Labute approximate surface area is 144 Å². The molecule has 0 saturated heterocycles. The third-order valence-corrected chi connectivity index (χ3v) is 4.32. The molecule has 0 unspecified atom stereocenters. The van der Waals surface area contributed by atoms with Gasteiger partial charge in [-0.05, 0) is 19.1 Å². The summed E-state index contributed by atoms with van der Waals surface area (Å²) in [5.74, 6) is -0.348. The summed E-state index contributed by atoms with van der Waals surface area (Å²) in [6, 6.07) is 6.12. The molecular formula is C14H16N6O4S. The van der Waals surface area contributed by atoms with Crippen molar-refractivity contribution in [2.75, 3.05) is 17.3 Å². The van der Waals surface area contributed by atoms with Crippen molar-refractivity contribution in [2.24, 2.45) is 0 Å². The second kappa shape index (κ2) is 7.68. The molecule has 0 saturated carbocycles. The van der Waals surface area contributed by atoms with Crippen LogP contribution in [-0.2, 0) is 10.0 Å². The van der Waals surface area contributed by atoms with E-state index in [1.54, 1.807) is 12.1 Å². The minimum atomic E-state index is -3.93. The maximum Gasteiger partial charge on any atom is 0.354 e. The minimum Gasteiger partial charge on any atom is -0.361 e. The average molecular weight is 364 g/mol. The lowest BCUT2D eigenvalue weighted by molar-refractivity contribution is -0.383. The van der Waals surface area contributed by atoms with Gasteiger partial charge < -0.3 is 5.32 Å². The molecule has 25 heavy (non-hydrogen) atoms. The van der Waals surface area contributed by atoms with Gasteiger partial charge in [0.1, 0.15) is 6.33 Å². The monoisotopic (exact) mass is 364 g/mol. The Morgan fingerprint density at radius 3 is 2.48 bits per heavy atom. The first-order chi connectivity index (χ1) is 11.8. The lowest BCUT2D eigenvalue weighted by Crippen LogP contribution is -2.30. The van der Waals surface area contributed by atoms with E-state index in [0.29, 0.717) is 0 Å². The Bertz CT molecular complexity index is 883. The molecule has 0 spiro atoms. The number of hydrazine groups is 1. The average Bonchev–Trinajstić information content (AvgIpc) is 2.58. The Kier molecular flexibility index (Phi) is 5.62. The molecule has 0 radical (unpaired) electrons. The molecule has 0 bridgehead atoms. The van der Waals surface area contributed by atoms with Crippen molar-refractivity contribution in [3.63, 3.8) is 0 Å². The molecule has 0 aliphatic carbocycles. The molecule has 132 valence electrons. The molecule has 10 nitrogen and oxygen atoms in total. The first-order valence-electron chi connectivity index (χ1n) is 7.04. The van der Waals surface area contributed by atoms with Gasteiger partial charge >= 0.3 is 5.69 Å². The van der Waals surface area contributed by atoms with Crippen LogP contribution < -0.4 is 15.6 Å². The largest absolute Gasteiger partial charge is 0.361 e. The summed E-state index contributed by atoms with van der Waals surface area (Å²) in [6.07, 6.45) is 2.57. The second-order valence-electron chi connectivity index (χ2n) is 4.89. The van der Waals surface area contributed by atoms with Crippen LogP contribution in [0.15, 0.2) is 48.1 Å². The number of sulfonamides is 1. The third kappa shape index (κ3) is 4.49. The van der Waals surface area contributed by atoms with E-state index < -0.39 is 20.6 Å². The van der Waals surface area contributed by atoms with Gasteiger partial charge in [0, 0.05) is 6.54 Å².